The molecule has 2 nitrogen and oxygen atoms in total. The van der Waals surface area contributed by atoms with Crippen molar-refractivity contribution in [1.82, 2.24) is 0 Å². The molecule has 1 aromatic carbocycles. The molecule has 1 saturated carbocycles. The fourth-order valence-corrected chi connectivity index (χ4v) is 3.08. The van der Waals surface area contributed by atoms with Gasteiger partial charge in [0.05, 0.1) is 5.60 Å². The summed E-state index contributed by atoms with van der Waals surface area (Å²) in [4.78, 5) is 0. The molecule has 1 unspecified atom stereocenters. The molecule has 0 radical (unpaired) electrons. The summed E-state index contributed by atoms with van der Waals surface area (Å²) in [6, 6.07) is 4.80. The van der Waals surface area contributed by atoms with E-state index in [-0.39, 0.29) is 5.82 Å². The van der Waals surface area contributed by atoms with E-state index in [0.717, 1.165) is 31.2 Å². The van der Waals surface area contributed by atoms with E-state index in [0.29, 0.717) is 11.0 Å². The predicted octanol–water partition coefficient (Wildman–Crippen LogP) is 4.15. The first-order valence-electron chi connectivity index (χ1n) is 7.29. The molecule has 1 aliphatic rings. The van der Waals surface area contributed by atoms with Crippen molar-refractivity contribution in [3.63, 3.8) is 0 Å². The summed E-state index contributed by atoms with van der Waals surface area (Å²) in [6.07, 6.45) is 3.00. The molecule has 112 valence electrons. The minimum absolute atomic E-state index is 0.239. The fraction of sp³-hybridized carbons (Fsp3) is 0.647. The summed E-state index contributed by atoms with van der Waals surface area (Å²) in [5.74, 6) is -0.239. The number of aliphatic hydroxyl groups excluding tert-OH is 1. The maximum atomic E-state index is 13.4. The average Bonchev–Trinajstić information content (AvgIpc) is 2.42. The second-order valence-electron chi connectivity index (χ2n) is 6.84. The normalized spacial score (nSPS) is 22.5. The lowest BCUT2D eigenvalue weighted by molar-refractivity contribution is -0.138. The van der Waals surface area contributed by atoms with Gasteiger partial charge in [0.2, 0.25) is 0 Å². The first kappa shape index (κ1) is 15.5. The molecular weight excluding hydrogens is 255 g/mol. The van der Waals surface area contributed by atoms with Gasteiger partial charge in [0.1, 0.15) is 11.9 Å². The van der Waals surface area contributed by atoms with E-state index >= 15 is 0 Å². The Morgan fingerprint density at radius 1 is 1.20 bits per heavy atom. The largest absolute Gasteiger partial charge is 0.385 e. The monoisotopic (exact) mass is 280 g/mol. The number of benzene rings is 1. The van der Waals surface area contributed by atoms with Gasteiger partial charge < -0.3 is 9.84 Å². The van der Waals surface area contributed by atoms with E-state index in [1.807, 2.05) is 0 Å². The lowest BCUT2D eigenvalue weighted by atomic mass is 9.68. The van der Waals surface area contributed by atoms with Crippen LogP contribution in [0, 0.1) is 18.2 Å². The van der Waals surface area contributed by atoms with E-state index < -0.39 is 11.7 Å². The molecule has 0 aliphatic heterocycles. The van der Waals surface area contributed by atoms with Crippen molar-refractivity contribution in [1.29, 1.82) is 0 Å². The average molecular weight is 280 g/mol. The molecule has 1 aromatic rings. The van der Waals surface area contributed by atoms with Crippen LogP contribution in [0.5, 0.6) is 0 Å². The fourth-order valence-electron chi connectivity index (χ4n) is 3.08. The molecule has 1 atom stereocenters. The Balaban J connectivity index is 2.25. The summed E-state index contributed by atoms with van der Waals surface area (Å²) in [7, 11) is 1.66. The third kappa shape index (κ3) is 2.89. The molecule has 1 aliphatic carbocycles. The Morgan fingerprint density at radius 3 is 2.30 bits per heavy atom. The highest BCUT2D eigenvalue weighted by atomic mass is 19.1. The van der Waals surface area contributed by atoms with E-state index in [4.69, 9.17) is 4.74 Å². The van der Waals surface area contributed by atoms with Crippen LogP contribution in [0.4, 0.5) is 4.39 Å². The number of rotatable bonds is 3. The standard InChI is InChI=1S/C17H25FO2/c1-12-11-13(5-6-14(12)18)15(19)17(20-4)9-7-16(2,3)8-10-17/h5-6,11,15,19H,7-10H2,1-4H3. The topological polar surface area (TPSA) is 29.5 Å². The maximum absolute atomic E-state index is 13.4. The van der Waals surface area contributed by atoms with Gasteiger partial charge in [-0.2, -0.15) is 0 Å². The third-order valence-corrected chi connectivity index (χ3v) is 4.85. The molecule has 0 saturated heterocycles. The van der Waals surface area contributed by atoms with Crippen LogP contribution in [0.2, 0.25) is 0 Å². The minimum Gasteiger partial charge on any atom is -0.385 e. The number of methoxy groups -OCH3 is 1. The van der Waals surface area contributed by atoms with Crippen LogP contribution < -0.4 is 0 Å². The quantitative estimate of drug-likeness (QED) is 0.901. The molecule has 0 amide bonds. The maximum Gasteiger partial charge on any atom is 0.126 e. The van der Waals surface area contributed by atoms with Gasteiger partial charge in [0.25, 0.3) is 0 Å². The summed E-state index contributed by atoms with van der Waals surface area (Å²) in [5, 5.41) is 10.7. The lowest BCUT2D eigenvalue weighted by Gasteiger charge is -2.45. The molecule has 0 heterocycles. The Bertz CT molecular complexity index is 472. The number of halogens is 1. The predicted molar refractivity (Wildman–Crippen MR) is 78.1 cm³/mol. The van der Waals surface area contributed by atoms with Crippen molar-refractivity contribution in [2.24, 2.45) is 5.41 Å². The van der Waals surface area contributed by atoms with E-state index in [2.05, 4.69) is 13.8 Å². The van der Waals surface area contributed by atoms with Crippen LogP contribution >= 0.6 is 0 Å². The summed E-state index contributed by atoms with van der Waals surface area (Å²) in [5.41, 5.74) is 1.06. The van der Waals surface area contributed by atoms with Crippen LogP contribution in [0.25, 0.3) is 0 Å². The highest BCUT2D eigenvalue weighted by Gasteiger charge is 2.44. The van der Waals surface area contributed by atoms with Crippen LogP contribution in [0.3, 0.4) is 0 Å². The first-order chi connectivity index (χ1) is 9.30. The molecule has 1 N–H and O–H groups in total. The van der Waals surface area contributed by atoms with Crippen molar-refractivity contribution in [3.05, 3.63) is 35.1 Å². The zero-order valence-corrected chi connectivity index (χ0v) is 12.9. The smallest absolute Gasteiger partial charge is 0.126 e. The van der Waals surface area contributed by atoms with Gasteiger partial charge in [0.15, 0.2) is 0 Å². The first-order valence-corrected chi connectivity index (χ1v) is 7.29. The SMILES string of the molecule is COC1(C(O)c2ccc(F)c(C)c2)CCC(C)(C)CC1. The number of hydrogen-bond donors (Lipinski definition) is 1. The Labute approximate surface area is 121 Å². The Kier molecular flexibility index (Phi) is 4.22. The Morgan fingerprint density at radius 2 is 1.80 bits per heavy atom. The third-order valence-electron chi connectivity index (χ3n) is 4.85. The van der Waals surface area contributed by atoms with Gasteiger partial charge in [-0.15, -0.1) is 0 Å². The number of aryl methyl sites for hydroxylation is 1. The lowest BCUT2D eigenvalue weighted by Crippen LogP contribution is -2.44. The van der Waals surface area contributed by atoms with Crippen LogP contribution in [0.1, 0.15) is 56.8 Å². The van der Waals surface area contributed by atoms with Gasteiger partial charge in [-0.3, -0.25) is 0 Å². The van der Waals surface area contributed by atoms with Crippen LogP contribution in [-0.4, -0.2) is 17.8 Å². The molecule has 3 heteroatoms. The molecule has 2 rings (SSSR count). The minimum atomic E-state index is -0.706. The Hall–Kier alpha value is -0.930. The van der Waals surface area contributed by atoms with Gasteiger partial charge in [-0.05, 0) is 55.2 Å². The van der Waals surface area contributed by atoms with Gasteiger partial charge in [0, 0.05) is 7.11 Å². The summed E-state index contributed by atoms with van der Waals surface area (Å²) < 4.78 is 19.1. The van der Waals surface area contributed by atoms with Crippen molar-refractivity contribution in [2.45, 2.75) is 58.2 Å². The van der Waals surface area contributed by atoms with Gasteiger partial charge in [-0.25, -0.2) is 4.39 Å². The van der Waals surface area contributed by atoms with Crippen LogP contribution in [-0.2, 0) is 4.74 Å². The molecule has 0 aromatic heterocycles. The summed E-state index contributed by atoms with van der Waals surface area (Å²) >= 11 is 0. The number of hydrogen-bond acceptors (Lipinski definition) is 2. The van der Waals surface area contributed by atoms with E-state index in [1.54, 1.807) is 26.2 Å². The highest BCUT2D eigenvalue weighted by molar-refractivity contribution is 5.27. The molecule has 1 fully saturated rings. The molecule has 20 heavy (non-hydrogen) atoms. The zero-order valence-electron chi connectivity index (χ0n) is 12.9. The second kappa shape index (κ2) is 5.45. The van der Waals surface area contributed by atoms with Crippen molar-refractivity contribution >= 4 is 0 Å². The van der Waals surface area contributed by atoms with E-state index in [9.17, 15) is 9.50 Å². The molecule has 0 bridgehead atoms. The highest BCUT2D eigenvalue weighted by Crippen LogP contribution is 2.47. The number of ether oxygens (including phenoxy) is 1. The van der Waals surface area contributed by atoms with Crippen molar-refractivity contribution in [2.75, 3.05) is 7.11 Å². The number of aliphatic hydroxyl groups is 1. The summed E-state index contributed by atoms with van der Waals surface area (Å²) in [6.45, 7) is 6.22. The van der Waals surface area contributed by atoms with Crippen molar-refractivity contribution < 1.29 is 14.2 Å². The van der Waals surface area contributed by atoms with E-state index in [1.165, 1.54) is 6.07 Å². The van der Waals surface area contributed by atoms with Gasteiger partial charge >= 0.3 is 0 Å². The van der Waals surface area contributed by atoms with Crippen LogP contribution in [0.15, 0.2) is 18.2 Å². The molecular formula is C17H25FO2. The zero-order chi connectivity index (χ0) is 15.0. The van der Waals surface area contributed by atoms with Gasteiger partial charge in [-0.1, -0.05) is 26.0 Å². The second-order valence-corrected chi connectivity index (χ2v) is 6.84. The molecule has 0 spiro atoms. The van der Waals surface area contributed by atoms with Crippen molar-refractivity contribution in [3.8, 4) is 0 Å².